The molecule has 1 aromatic heterocycles. The number of aromatic nitrogens is 1. The molecule has 100 valence electrons. The lowest BCUT2D eigenvalue weighted by Crippen LogP contribution is -1.98. The summed E-state index contributed by atoms with van der Waals surface area (Å²) >= 11 is 6.08. The summed E-state index contributed by atoms with van der Waals surface area (Å²) in [5.41, 5.74) is 1.88. The summed E-state index contributed by atoms with van der Waals surface area (Å²) in [5.74, 6) is 5.11. The van der Waals surface area contributed by atoms with E-state index in [-0.39, 0.29) is 10.9 Å². The van der Waals surface area contributed by atoms with Crippen molar-refractivity contribution in [2.45, 2.75) is 0 Å². The number of pyridine rings is 1. The van der Waals surface area contributed by atoms with Crippen molar-refractivity contribution in [3.63, 3.8) is 0 Å². The van der Waals surface area contributed by atoms with E-state index < -0.39 is 0 Å². The van der Waals surface area contributed by atoms with Gasteiger partial charge in [0, 0.05) is 10.9 Å². The van der Waals surface area contributed by atoms with Crippen LogP contribution in [0.5, 0.6) is 0 Å². The van der Waals surface area contributed by atoms with Gasteiger partial charge in [-0.1, -0.05) is 53.9 Å². The van der Waals surface area contributed by atoms with Gasteiger partial charge in [-0.3, -0.25) is 4.79 Å². The first-order valence-electron chi connectivity index (χ1n) is 6.41. The number of hydrogen-bond acceptors (Lipinski definition) is 2. The van der Waals surface area contributed by atoms with Crippen LogP contribution in [0.4, 0.5) is 0 Å². The Balaban J connectivity index is 1.99. The van der Waals surface area contributed by atoms with E-state index in [1.54, 1.807) is 6.07 Å². The third-order valence-corrected chi connectivity index (χ3v) is 3.30. The number of ketones is 1. The first-order valence-corrected chi connectivity index (χ1v) is 6.78. The number of hydrogen-bond donors (Lipinski definition) is 0. The van der Waals surface area contributed by atoms with E-state index in [4.69, 9.17) is 11.6 Å². The summed E-state index contributed by atoms with van der Waals surface area (Å²) in [4.78, 5) is 16.4. The highest BCUT2D eigenvalue weighted by Crippen LogP contribution is 2.20. The molecule has 1 heterocycles. The minimum atomic E-state index is -0.331. The fourth-order valence-corrected chi connectivity index (χ4v) is 2.20. The molecule has 3 heteroatoms. The van der Waals surface area contributed by atoms with Gasteiger partial charge in [-0.25, -0.2) is 4.98 Å². The number of rotatable bonds is 1. The maximum absolute atomic E-state index is 12.2. The highest BCUT2D eigenvalue weighted by molar-refractivity contribution is 6.34. The average Bonchev–Trinajstić information content (AvgIpc) is 2.53. The summed E-state index contributed by atoms with van der Waals surface area (Å²) < 4.78 is 0. The predicted octanol–water partition coefficient (Wildman–Crippen LogP) is 4.12. The Bertz CT molecular complexity index is 876. The number of halogens is 1. The number of carbonyl (C=O) groups excluding carboxylic acids is 1. The Morgan fingerprint density at radius 3 is 2.52 bits per heavy atom. The number of benzene rings is 2. The van der Waals surface area contributed by atoms with Crippen LogP contribution < -0.4 is 0 Å². The zero-order chi connectivity index (χ0) is 14.7. The third kappa shape index (κ3) is 2.94. The van der Waals surface area contributed by atoms with Crippen molar-refractivity contribution in [3.05, 3.63) is 76.9 Å². The van der Waals surface area contributed by atoms with Gasteiger partial charge in [0.25, 0.3) is 0 Å². The van der Waals surface area contributed by atoms with Gasteiger partial charge in [0.2, 0.25) is 5.78 Å². The van der Waals surface area contributed by atoms with E-state index in [0.29, 0.717) is 5.56 Å². The van der Waals surface area contributed by atoms with Gasteiger partial charge in [0.15, 0.2) is 0 Å². The van der Waals surface area contributed by atoms with Crippen LogP contribution in [0, 0.1) is 11.8 Å². The Morgan fingerprint density at radius 1 is 1.00 bits per heavy atom. The molecule has 21 heavy (non-hydrogen) atoms. The molecule has 0 spiro atoms. The summed E-state index contributed by atoms with van der Waals surface area (Å²) in [6, 6.07) is 18.6. The smallest absolute Gasteiger partial charge is 0.239 e. The first kappa shape index (κ1) is 13.4. The Hall–Kier alpha value is -2.63. The quantitative estimate of drug-likeness (QED) is 0.383. The van der Waals surface area contributed by atoms with Crippen LogP contribution in [0.2, 0.25) is 5.15 Å². The largest absolute Gasteiger partial charge is 0.279 e. The van der Waals surface area contributed by atoms with E-state index in [2.05, 4.69) is 16.8 Å². The maximum atomic E-state index is 12.2. The third-order valence-electron chi connectivity index (χ3n) is 3.02. The van der Waals surface area contributed by atoms with Crippen LogP contribution in [0.15, 0.2) is 60.7 Å². The van der Waals surface area contributed by atoms with E-state index in [1.807, 2.05) is 54.6 Å². The normalized spacial score (nSPS) is 9.95. The van der Waals surface area contributed by atoms with Crippen LogP contribution in [0.3, 0.4) is 0 Å². The molecule has 3 aromatic rings. The molecular formula is C18H10ClNO. The molecule has 0 aliphatic heterocycles. The Kier molecular flexibility index (Phi) is 3.68. The lowest BCUT2D eigenvalue weighted by atomic mass is 10.1. The number of nitrogens with zero attached hydrogens (tertiary/aromatic N) is 1. The molecule has 0 aliphatic rings. The lowest BCUT2D eigenvalue weighted by Gasteiger charge is -2.01. The van der Waals surface area contributed by atoms with Crippen LogP contribution in [0.25, 0.3) is 10.9 Å². The SMILES string of the molecule is O=C(C#Cc1ccccc1)c1cc2ccccc2nc1Cl. The number of carbonyl (C=O) groups is 1. The number of fused-ring (bicyclic) bond motifs is 1. The molecule has 2 nitrogen and oxygen atoms in total. The molecule has 0 N–H and O–H groups in total. The average molecular weight is 292 g/mol. The molecular weight excluding hydrogens is 282 g/mol. The highest BCUT2D eigenvalue weighted by atomic mass is 35.5. The van der Waals surface area contributed by atoms with E-state index in [0.717, 1.165) is 16.5 Å². The van der Waals surface area contributed by atoms with Crippen LogP contribution >= 0.6 is 11.6 Å². The molecule has 0 atom stereocenters. The Labute approximate surface area is 127 Å². The standard InChI is InChI=1S/C18H10ClNO/c19-18-15(12-14-8-4-5-9-16(14)20-18)17(21)11-10-13-6-2-1-3-7-13/h1-9,12H. The monoisotopic (exact) mass is 291 g/mol. The van der Waals surface area contributed by atoms with E-state index in [9.17, 15) is 4.79 Å². The highest BCUT2D eigenvalue weighted by Gasteiger charge is 2.10. The molecule has 0 unspecified atom stereocenters. The van der Waals surface area contributed by atoms with Gasteiger partial charge in [-0.05, 0) is 30.2 Å². The van der Waals surface area contributed by atoms with Crippen molar-refractivity contribution >= 4 is 28.3 Å². The fourth-order valence-electron chi connectivity index (χ4n) is 1.97. The number of Topliss-reactive ketones (excluding diaryl/α,β-unsaturated/α-hetero) is 1. The van der Waals surface area contributed by atoms with Crippen molar-refractivity contribution < 1.29 is 4.79 Å². The van der Waals surface area contributed by atoms with Crippen LogP contribution in [-0.4, -0.2) is 10.8 Å². The summed E-state index contributed by atoms with van der Waals surface area (Å²) in [6.07, 6.45) is 0. The van der Waals surface area contributed by atoms with Crippen molar-refractivity contribution in [2.24, 2.45) is 0 Å². The molecule has 2 aromatic carbocycles. The van der Waals surface area contributed by atoms with Gasteiger partial charge in [-0.2, -0.15) is 0 Å². The van der Waals surface area contributed by atoms with E-state index >= 15 is 0 Å². The summed E-state index contributed by atoms with van der Waals surface area (Å²) in [5, 5.41) is 1.05. The van der Waals surface area contributed by atoms with Crippen molar-refractivity contribution in [3.8, 4) is 11.8 Å². The Morgan fingerprint density at radius 2 is 1.71 bits per heavy atom. The second-order valence-electron chi connectivity index (χ2n) is 4.46. The van der Waals surface area contributed by atoms with Gasteiger partial charge in [-0.15, -0.1) is 0 Å². The molecule has 0 saturated carbocycles. The van der Waals surface area contributed by atoms with Crippen molar-refractivity contribution in [1.29, 1.82) is 0 Å². The molecule has 0 saturated heterocycles. The predicted molar refractivity (Wildman–Crippen MR) is 84.4 cm³/mol. The molecule has 0 aliphatic carbocycles. The van der Waals surface area contributed by atoms with Crippen LogP contribution in [-0.2, 0) is 0 Å². The van der Waals surface area contributed by atoms with Gasteiger partial charge < -0.3 is 0 Å². The zero-order valence-corrected chi connectivity index (χ0v) is 11.8. The second-order valence-corrected chi connectivity index (χ2v) is 4.82. The molecule has 3 rings (SSSR count). The second kappa shape index (κ2) is 5.78. The fraction of sp³-hybridized carbons (Fsp3) is 0. The zero-order valence-electron chi connectivity index (χ0n) is 11.0. The first-order chi connectivity index (χ1) is 10.2. The maximum Gasteiger partial charge on any atom is 0.239 e. The molecule has 0 amide bonds. The molecule has 0 radical (unpaired) electrons. The summed E-state index contributed by atoms with van der Waals surface area (Å²) in [6.45, 7) is 0. The topological polar surface area (TPSA) is 30.0 Å². The molecule has 0 fully saturated rings. The van der Waals surface area contributed by atoms with Gasteiger partial charge >= 0.3 is 0 Å². The van der Waals surface area contributed by atoms with Gasteiger partial charge in [0.05, 0.1) is 11.1 Å². The van der Waals surface area contributed by atoms with Crippen molar-refractivity contribution in [2.75, 3.05) is 0 Å². The van der Waals surface area contributed by atoms with Crippen LogP contribution in [0.1, 0.15) is 15.9 Å². The lowest BCUT2D eigenvalue weighted by molar-refractivity contribution is 0.105. The summed E-state index contributed by atoms with van der Waals surface area (Å²) in [7, 11) is 0. The number of para-hydroxylation sites is 1. The van der Waals surface area contributed by atoms with E-state index in [1.165, 1.54) is 0 Å². The molecule has 0 bridgehead atoms. The van der Waals surface area contributed by atoms with Crippen molar-refractivity contribution in [1.82, 2.24) is 4.98 Å². The minimum Gasteiger partial charge on any atom is -0.279 e. The minimum absolute atomic E-state index is 0.182. The van der Waals surface area contributed by atoms with Gasteiger partial charge in [0.1, 0.15) is 5.15 Å².